The van der Waals surface area contributed by atoms with E-state index in [1.165, 1.54) is 0 Å². The van der Waals surface area contributed by atoms with Gasteiger partial charge in [-0.25, -0.2) is 4.98 Å². The van der Waals surface area contributed by atoms with Crippen molar-refractivity contribution < 1.29 is 5.11 Å². The van der Waals surface area contributed by atoms with Crippen molar-refractivity contribution >= 4 is 32.7 Å². The minimum atomic E-state index is 0.185. The fraction of sp³-hybridized carbons (Fsp3) is 0. The molecular formula is C13H10BrN3O. The number of nitrogens with two attached hydrogens (primary N) is 1. The van der Waals surface area contributed by atoms with E-state index in [9.17, 15) is 5.11 Å². The maximum absolute atomic E-state index is 9.86. The Bertz CT molecular complexity index is 736. The molecular weight excluding hydrogens is 294 g/mol. The Hall–Kier alpha value is -2.01. The Balaban J connectivity index is 2.22. The normalized spacial score (nSPS) is 10.9. The summed E-state index contributed by atoms with van der Waals surface area (Å²) in [7, 11) is 0. The molecule has 4 nitrogen and oxygen atoms in total. The zero-order chi connectivity index (χ0) is 12.7. The highest BCUT2D eigenvalue weighted by Gasteiger charge is 2.10. The van der Waals surface area contributed by atoms with Crippen LogP contribution in [0.5, 0.6) is 5.75 Å². The number of aromatic amines is 1. The lowest BCUT2D eigenvalue weighted by Gasteiger charge is -2.01. The van der Waals surface area contributed by atoms with Crippen LogP contribution in [0.1, 0.15) is 0 Å². The molecule has 0 aliphatic rings. The van der Waals surface area contributed by atoms with Crippen molar-refractivity contribution in [1.29, 1.82) is 0 Å². The molecule has 5 heteroatoms. The largest absolute Gasteiger partial charge is 0.507 e. The van der Waals surface area contributed by atoms with E-state index < -0.39 is 0 Å². The molecule has 18 heavy (non-hydrogen) atoms. The highest BCUT2D eigenvalue weighted by atomic mass is 79.9. The number of nitrogens with zero attached hydrogens (tertiary/aromatic N) is 1. The second kappa shape index (κ2) is 4.03. The number of aromatic nitrogens is 2. The molecule has 0 bridgehead atoms. The van der Waals surface area contributed by atoms with Crippen LogP contribution in [0.2, 0.25) is 0 Å². The second-order valence-electron chi connectivity index (χ2n) is 4.02. The van der Waals surface area contributed by atoms with Gasteiger partial charge in [0, 0.05) is 10.2 Å². The highest BCUT2D eigenvalue weighted by molar-refractivity contribution is 9.10. The van der Waals surface area contributed by atoms with Crippen LogP contribution in [0.25, 0.3) is 22.4 Å². The van der Waals surface area contributed by atoms with E-state index in [2.05, 4.69) is 25.9 Å². The molecule has 1 aromatic heterocycles. The van der Waals surface area contributed by atoms with Crippen molar-refractivity contribution in [2.75, 3.05) is 5.73 Å². The van der Waals surface area contributed by atoms with Gasteiger partial charge in [-0.1, -0.05) is 15.9 Å². The number of hydrogen-bond donors (Lipinski definition) is 3. The highest BCUT2D eigenvalue weighted by Crippen LogP contribution is 2.31. The summed E-state index contributed by atoms with van der Waals surface area (Å²) in [5.74, 6) is 0.805. The molecule has 2 aromatic carbocycles. The molecule has 0 amide bonds. The minimum Gasteiger partial charge on any atom is -0.507 e. The first-order chi connectivity index (χ1) is 8.63. The Labute approximate surface area is 112 Å². The van der Waals surface area contributed by atoms with Gasteiger partial charge in [0.25, 0.3) is 0 Å². The zero-order valence-corrected chi connectivity index (χ0v) is 10.9. The summed E-state index contributed by atoms with van der Waals surface area (Å²) in [6.45, 7) is 0. The molecule has 0 aliphatic carbocycles. The summed E-state index contributed by atoms with van der Waals surface area (Å²) in [6.07, 6.45) is 0. The van der Waals surface area contributed by atoms with E-state index in [0.717, 1.165) is 15.5 Å². The molecule has 4 N–H and O–H groups in total. The summed E-state index contributed by atoms with van der Waals surface area (Å²) in [5, 5.41) is 9.86. The van der Waals surface area contributed by atoms with Gasteiger partial charge in [-0.15, -0.1) is 0 Å². The number of nitrogen functional groups attached to an aromatic ring is 1. The van der Waals surface area contributed by atoms with Gasteiger partial charge in [0.15, 0.2) is 0 Å². The first kappa shape index (κ1) is 11.1. The number of halogens is 1. The molecule has 0 atom stereocenters. The number of imidazole rings is 1. The smallest absolute Gasteiger partial charge is 0.142 e. The number of phenols is 1. The zero-order valence-electron chi connectivity index (χ0n) is 9.31. The lowest BCUT2D eigenvalue weighted by molar-refractivity contribution is 0.477. The van der Waals surface area contributed by atoms with E-state index >= 15 is 0 Å². The second-order valence-corrected chi connectivity index (χ2v) is 4.94. The Morgan fingerprint density at radius 2 is 2.00 bits per heavy atom. The number of benzene rings is 2. The number of nitrogens with one attached hydrogen (secondary N) is 1. The van der Waals surface area contributed by atoms with Crippen molar-refractivity contribution in [3.63, 3.8) is 0 Å². The van der Waals surface area contributed by atoms with Crippen LogP contribution in [0.3, 0.4) is 0 Å². The van der Waals surface area contributed by atoms with Crippen molar-refractivity contribution in [3.05, 3.63) is 40.9 Å². The third-order valence-electron chi connectivity index (χ3n) is 2.72. The maximum Gasteiger partial charge on any atom is 0.142 e. The number of fused-ring (bicyclic) bond motifs is 1. The van der Waals surface area contributed by atoms with Crippen LogP contribution in [0.15, 0.2) is 40.9 Å². The molecule has 0 saturated carbocycles. The SMILES string of the molecule is Nc1ccc2nc(-c3cc(Br)ccc3O)[nH]c2c1. The van der Waals surface area contributed by atoms with E-state index in [4.69, 9.17) is 5.73 Å². The number of H-pyrrole nitrogens is 1. The fourth-order valence-electron chi connectivity index (χ4n) is 1.85. The van der Waals surface area contributed by atoms with Crippen LogP contribution in [-0.4, -0.2) is 15.1 Å². The lowest BCUT2D eigenvalue weighted by Crippen LogP contribution is -1.82. The average Bonchev–Trinajstić information content (AvgIpc) is 2.74. The number of rotatable bonds is 1. The number of aromatic hydroxyl groups is 1. The van der Waals surface area contributed by atoms with Gasteiger partial charge in [-0.05, 0) is 36.4 Å². The monoisotopic (exact) mass is 303 g/mol. The lowest BCUT2D eigenvalue weighted by atomic mass is 10.2. The molecule has 1 heterocycles. The first-order valence-corrected chi connectivity index (χ1v) is 6.17. The molecule has 0 fully saturated rings. The van der Waals surface area contributed by atoms with Gasteiger partial charge < -0.3 is 15.8 Å². The Morgan fingerprint density at radius 3 is 2.83 bits per heavy atom. The Kier molecular flexibility index (Phi) is 2.48. The van der Waals surface area contributed by atoms with Crippen molar-refractivity contribution in [1.82, 2.24) is 9.97 Å². The van der Waals surface area contributed by atoms with Crippen LogP contribution >= 0.6 is 15.9 Å². The predicted octanol–water partition coefficient (Wildman–Crippen LogP) is 3.28. The fourth-order valence-corrected chi connectivity index (χ4v) is 2.21. The summed E-state index contributed by atoms with van der Waals surface area (Å²) in [4.78, 5) is 7.58. The molecule has 3 rings (SSSR count). The van der Waals surface area contributed by atoms with Crippen LogP contribution in [0, 0.1) is 0 Å². The first-order valence-electron chi connectivity index (χ1n) is 5.37. The van der Waals surface area contributed by atoms with Crippen molar-refractivity contribution in [2.24, 2.45) is 0 Å². The minimum absolute atomic E-state index is 0.185. The van der Waals surface area contributed by atoms with Gasteiger partial charge in [-0.3, -0.25) is 0 Å². The number of hydrogen-bond acceptors (Lipinski definition) is 3. The van der Waals surface area contributed by atoms with Gasteiger partial charge >= 0.3 is 0 Å². The maximum atomic E-state index is 9.86. The molecule has 3 aromatic rings. The van der Waals surface area contributed by atoms with Gasteiger partial charge in [0.05, 0.1) is 16.6 Å². The topological polar surface area (TPSA) is 74.9 Å². The molecule has 0 aliphatic heterocycles. The molecule has 90 valence electrons. The van der Waals surface area contributed by atoms with Crippen molar-refractivity contribution in [2.45, 2.75) is 0 Å². The quantitative estimate of drug-likeness (QED) is 0.604. The van der Waals surface area contributed by atoms with Crippen LogP contribution in [0.4, 0.5) is 5.69 Å². The predicted molar refractivity (Wildman–Crippen MR) is 75.3 cm³/mol. The Morgan fingerprint density at radius 1 is 1.17 bits per heavy atom. The molecule has 0 unspecified atom stereocenters. The summed E-state index contributed by atoms with van der Waals surface area (Å²) >= 11 is 3.38. The standard InChI is InChI=1S/C13H10BrN3O/c14-7-1-4-12(18)9(5-7)13-16-10-3-2-8(15)6-11(10)17-13/h1-6,18H,15H2,(H,16,17). The molecule has 0 saturated heterocycles. The molecule has 0 radical (unpaired) electrons. The van der Waals surface area contributed by atoms with E-state index in [-0.39, 0.29) is 5.75 Å². The van der Waals surface area contributed by atoms with Crippen LogP contribution < -0.4 is 5.73 Å². The van der Waals surface area contributed by atoms with Gasteiger partial charge in [0.1, 0.15) is 11.6 Å². The van der Waals surface area contributed by atoms with E-state index in [0.29, 0.717) is 17.1 Å². The van der Waals surface area contributed by atoms with E-state index in [1.54, 1.807) is 18.2 Å². The summed E-state index contributed by atoms with van der Waals surface area (Å²) in [6, 6.07) is 10.7. The van der Waals surface area contributed by atoms with E-state index in [1.807, 2.05) is 18.2 Å². The summed E-state index contributed by atoms with van der Waals surface area (Å²) < 4.78 is 0.885. The average molecular weight is 304 g/mol. The summed E-state index contributed by atoms with van der Waals surface area (Å²) in [5.41, 5.74) is 8.72. The number of anilines is 1. The number of phenolic OH excluding ortho intramolecular Hbond substituents is 1. The van der Waals surface area contributed by atoms with Crippen LogP contribution in [-0.2, 0) is 0 Å². The van der Waals surface area contributed by atoms with Crippen molar-refractivity contribution in [3.8, 4) is 17.1 Å². The third-order valence-corrected chi connectivity index (χ3v) is 3.21. The van der Waals surface area contributed by atoms with Gasteiger partial charge in [0.2, 0.25) is 0 Å². The molecule has 0 spiro atoms. The van der Waals surface area contributed by atoms with Gasteiger partial charge in [-0.2, -0.15) is 0 Å². The third kappa shape index (κ3) is 1.82.